The summed E-state index contributed by atoms with van der Waals surface area (Å²) in [5.74, 6) is 0. The van der Waals surface area contributed by atoms with Gasteiger partial charge in [-0.05, 0) is 0 Å². The number of hydrogen-bond acceptors (Lipinski definition) is 2. The van der Waals surface area contributed by atoms with E-state index in [1.807, 2.05) is 0 Å². The molecule has 0 saturated heterocycles. The fraction of sp³-hybridized carbons (Fsp3) is 0. The summed E-state index contributed by atoms with van der Waals surface area (Å²) in [5, 5.41) is 0. The molecule has 0 nitrogen and oxygen atoms in total. The van der Waals surface area contributed by atoms with Gasteiger partial charge >= 0.3 is 54.1 Å². The van der Waals surface area contributed by atoms with E-state index in [4.69, 9.17) is 0 Å². The quantitative estimate of drug-likeness (QED) is 0.209. The van der Waals surface area contributed by atoms with Crippen LogP contribution in [0.1, 0.15) is 0 Å². The number of thiol groups is 1. The third-order valence-electron chi connectivity index (χ3n) is 0. The maximum absolute atomic E-state index is 3.71. The maximum atomic E-state index is 3.71. The molecule has 0 aliphatic heterocycles. The van der Waals surface area contributed by atoms with E-state index in [0.29, 0.717) is 0 Å². The molecule has 0 aliphatic rings. The van der Waals surface area contributed by atoms with Gasteiger partial charge in [0.25, 0.3) is 0 Å². The van der Waals surface area contributed by atoms with Crippen LogP contribution in [0.4, 0.5) is 0 Å². The van der Waals surface area contributed by atoms with Crippen molar-refractivity contribution in [2.75, 3.05) is 0 Å². The molecule has 0 aliphatic carbocycles. The molecule has 0 aromatic heterocycles. The first-order valence-corrected chi connectivity index (χ1v) is 1.60. The Kier molecular flexibility index (Phi) is 81.3. The van der Waals surface area contributed by atoms with Crippen LogP contribution < -0.4 is 29.6 Å². The van der Waals surface area contributed by atoms with Gasteiger partial charge in [-0.25, -0.2) is 0 Å². The van der Waals surface area contributed by atoms with Crippen LogP contribution in [0, 0.1) is 0 Å². The van der Waals surface area contributed by atoms with Crippen molar-refractivity contribution in [2.24, 2.45) is 0 Å². The molecule has 0 amide bonds. The minimum atomic E-state index is 0. The summed E-state index contributed by atoms with van der Waals surface area (Å²) in [6.07, 6.45) is 0. The van der Waals surface area contributed by atoms with Crippen LogP contribution in [0.3, 0.4) is 0 Å². The molecule has 0 aromatic carbocycles. The van der Waals surface area contributed by atoms with Crippen molar-refractivity contribution >= 4 is 24.2 Å². The predicted octanol–water partition coefficient (Wildman–Crippen LogP) is -2.62. The van der Waals surface area contributed by atoms with Gasteiger partial charge < -0.3 is 13.5 Å². The molecule has 0 bridgehead atoms. The topological polar surface area (TPSA) is 0 Å². The Hall–Kier alpha value is 2.06. The molecule has 0 rings (SSSR count). The van der Waals surface area contributed by atoms with E-state index in [-0.39, 0.29) is 43.1 Å². The molecule has 4 heteroatoms. The summed E-state index contributed by atoms with van der Waals surface area (Å²) >= 11 is 3.46. The minimum absolute atomic E-state index is 0. The zero-order valence-corrected chi connectivity index (χ0v) is 6.87. The molecular weight excluding hydrogens is 146 g/mol. The molecule has 24 valence electrons. The molecular formula is HNaNiS2. The van der Waals surface area contributed by atoms with Gasteiger partial charge in [-0.2, -0.15) is 0 Å². The molecule has 0 N–H and O–H groups in total. The van der Waals surface area contributed by atoms with Gasteiger partial charge in [0.15, 0.2) is 0 Å². The summed E-state index contributed by atoms with van der Waals surface area (Å²) in [7, 11) is 3.71. The Morgan fingerprint density at radius 1 is 1.25 bits per heavy atom. The van der Waals surface area contributed by atoms with Gasteiger partial charge in [-0.1, -0.05) is 0 Å². The second-order valence-corrected chi connectivity index (χ2v) is 0. The Labute approximate surface area is 66.7 Å². The molecule has 0 atom stereocenters. The summed E-state index contributed by atoms with van der Waals surface area (Å²) in [5.41, 5.74) is 0. The Morgan fingerprint density at radius 3 is 1.25 bits per heavy atom. The van der Waals surface area contributed by atoms with E-state index < -0.39 is 0 Å². The van der Waals surface area contributed by atoms with E-state index in [0.717, 1.165) is 0 Å². The van der Waals surface area contributed by atoms with Crippen LogP contribution >= 0.6 is 10.7 Å². The van der Waals surface area contributed by atoms with Gasteiger partial charge in [-0.3, -0.25) is 0 Å². The fourth-order valence-electron chi connectivity index (χ4n) is 0. The molecule has 0 fully saturated rings. The van der Waals surface area contributed by atoms with Crippen molar-refractivity contribution in [3.05, 3.63) is 0 Å². The Balaban J connectivity index is -0.00000000500. The van der Waals surface area contributed by atoms with E-state index >= 15 is 0 Å². The average Bonchev–Trinajstić information content (AvgIpc) is 1.00. The predicted molar refractivity (Wildman–Crippen MR) is 16.4 cm³/mol. The summed E-state index contributed by atoms with van der Waals surface area (Å²) in [4.78, 5) is 0. The third kappa shape index (κ3) is 8.96. The summed E-state index contributed by atoms with van der Waals surface area (Å²) in [6, 6.07) is 0. The van der Waals surface area contributed by atoms with Crippen LogP contribution in [0.2, 0.25) is 0 Å². The fourth-order valence-corrected chi connectivity index (χ4v) is 0. The zero-order chi connectivity index (χ0) is 2.00. The monoisotopic (exact) mass is 146 g/mol. The van der Waals surface area contributed by atoms with E-state index in [9.17, 15) is 0 Å². The second kappa shape index (κ2) is 19.6. The zero-order valence-electron chi connectivity index (χ0n) is 2.17. The van der Waals surface area contributed by atoms with Gasteiger partial charge in [-0.15, -0.1) is 0 Å². The average molecular weight is 147 g/mol. The van der Waals surface area contributed by atoms with Crippen molar-refractivity contribution < 1.29 is 43.4 Å². The Morgan fingerprint density at radius 2 is 1.25 bits per heavy atom. The molecule has 0 heterocycles. The molecule has 0 unspecified atom stereocenters. The summed E-state index contributed by atoms with van der Waals surface area (Å²) < 4.78 is 0. The van der Waals surface area contributed by atoms with Crippen LogP contribution in [0.5, 0.6) is 0 Å². The van der Waals surface area contributed by atoms with E-state index in [1.54, 1.807) is 0 Å². The van der Waals surface area contributed by atoms with Gasteiger partial charge in [0.2, 0.25) is 0 Å². The third-order valence-corrected chi connectivity index (χ3v) is 0. The van der Waals surface area contributed by atoms with Gasteiger partial charge in [0.1, 0.15) is 0 Å². The molecule has 0 radical (unpaired) electrons. The molecule has 0 spiro atoms. The van der Waals surface area contributed by atoms with Gasteiger partial charge in [0.05, 0.1) is 0 Å². The summed E-state index contributed by atoms with van der Waals surface area (Å²) in [6.45, 7) is 0. The van der Waals surface area contributed by atoms with Crippen molar-refractivity contribution in [3.8, 4) is 0 Å². The van der Waals surface area contributed by atoms with Crippen molar-refractivity contribution in [1.82, 2.24) is 0 Å². The number of hydrogen-bond donors (Lipinski definition) is 0. The van der Waals surface area contributed by atoms with Crippen LogP contribution in [-0.4, -0.2) is 0 Å². The van der Waals surface area contributed by atoms with Crippen LogP contribution in [0.15, 0.2) is 0 Å². The van der Waals surface area contributed by atoms with Gasteiger partial charge in [0, 0.05) is 0 Å². The van der Waals surface area contributed by atoms with Crippen molar-refractivity contribution in [1.29, 1.82) is 0 Å². The molecule has 0 aromatic rings. The standard InChI is InChI=1S/Na.Ni.H2S.S/h;;1H2;/q+1;;;/p-1. The first-order valence-electron chi connectivity index (χ1n) is 0.129. The first kappa shape index (κ1) is 16.6. The van der Waals surface area contributed by atoms with Crippen LogP contribution in [-0.2, 0) is 27.4 Å². The van der Waals surface area contributed by atoms with Crippen LogP contribution in [0.25, 0.3) is 0 Å². The van der Waals surface area contributed by atoms with E-state index in [2.05, 4.69) is 24.5 Å². The SMILES string of the molecule is [Na+].[SH-].[S]=[Ni]. The van der Waals surface area contributed by atoms with Crippen molar-refractivity contribution in [2.45, 2.75) is 0 Å². The second-order valence-electron chi connectivity index (χ2n) is 0. The van der Waals surface area contributed by atoms with Crippen molar-refractivity contribution in [3.63, 3.8) is 0 Å². The number of rotatable bonds is 0. The van der Waals surface area contributed by atoms with E-state index in [1.165, 1.54) is 0 Å². The Bertz CT molecular complexity index is 6.00. The molecule has 0 saturated carbocycles. The first-order chi connectivity index (χ1) is 1.00. The normalized spacial score (nSPS) is 1.50. The molecule has 4 heavy (non-hydrogen) atoms.